The van der Waals surface area contributed by atoms with Crippen LogP contribution < -0.4 is 14.8 Å². The fourth-order valence-corrected chi connectivity index (χ4v) is 4.94. The number of rotatable bonds is 7. The second-order valence-corrected chi connectivity index (χ2v) is 9.64. The minimum Gasteiger partial charge on any atom is -0.468 e. The van der Waals surface area contributed by atoms with Crippen molar-refractivity contribution in [1.29, 1.82) is 0 Å². The fourth-order valence-electron chi connectivity index (χ4n) is 3.38. The van der Waals surface area contributed by atoms with Crippen molar-refractivity contribution in [3.63, 3.8) is 0 Å². The summed E-state index contributed by atoms with van der Waals surface area (Å²) in [6.45, 7) is 2.48. The van der Waals surface area contributed by atoms with E-state index in [4.69, 9.17) is 9.47 Å². The highest BCUT2D eigenvalue weighted by Crippen LogP contribution is 2.31. The summed E-state index contributed by atoms with van der Waals surface area (Å²) in [4.78, 5) is 24.5. The Labute approximate surface area is 194 Å². The molecule has 0 radical (unpaired) electrons. The molecule has 14 heteroatoms. The topological polar surface area (TPSA) is 121 Å². The van der Waals surface area contributed by atoms with Crippen LogP contribution in [0.5, 0.6) is 17.5 Å². The predicted octanol–water partition coefficient (Wildman–Crippen LogP) is 2.43. The first-order valence-electron chi connectivity index (χ1n) is 10.3. The van der Waals surface area contributed by atoms with Gasteiger partial charge in [-0.15, -0.1) is 5.10 Å². The summed E-state index contributed by atoms with van der Waals surface area (Å²) in [5.41, 5.74) is -0.490. The quantitative estimate of drug-likeness (QED) is 0.527. The molecule has 10 nitrogen and oxygen atoms in total. The van der Waals surface area contributed by atoms with Gasteiger partial charge in [0.1, 0.15) is 0 Å². The summed E-state index contributed by atoms with van der Waals surface area (Å²) in [5.74, 6) is -1.28. The normalized spacial score (nSPS) is 20.5. The number of pyridine rings is 1. The molecule has 0 aliphatic carbocycles. The summed E-state index contributed by atoms with van der Waals surface area (Å²) < 4.78 is 63.0. The average Bonchev–Trinajstić information content (AvgIpc) is 3.25. The Morgan fingerprint density at radius 2 is 1.94 bits per heavy atom. The van der Waals surface area contributed by atoms with Gasteiger partial charge in [-0.3, -0.25) is 9.00 Å². The number of aromatic nitrogens is 5. The Morgan fingerprint density at radius 1 is 1.26 bits per heavy atom. The van der Waals surface area contributed by atoms with Gasteiger partial charge in [-0.25, -0.2) is 27.7 Å². The van der Waals surface area contributed by atoms with E-state index in [0.29, 0.717) is 24.3 Å². The van der Waals surface area contributed by atoms with E-state index in [9.17, 15) is 22.2 Å². The number of nitrogens with one attached hydrogen (secondary N) is 1. The Morgan fingerprint density at radius 3 is 2.62 bits per heavy atom. The number of fused-ring (bicyclic) bond motifs is 1. The van der Waals surface area contributed by atoms with E-state index in [2.05, 4.69) is 25.4 Å². The zero-order valence-corrected chi connectivity index (χ0v) is 19.1. The van der Waals surface area contributed by atoms with Crippen LogP contribution in [0.3, 0.4) is 0 Å². The van der Waals surface area contributed by atoms with E-state index >= 15 is 0 Å². The molecule has 1 fully saturated rings. The molecule has 3 aromatic heterocycles. The van der Waals surface area contributed by atoms with Crippen molar-refractivity contribution in [2.24, 2.45) is 0 Å². The van der Waals surface area contributed by atoms with Gasteiger partial charge in [-0.1, -0.05) is 0 Å². The SMILES string of the molecule is Cc1c(Oc2nccnc2OCC(F)F)cc(F)c2nc(C(=O)NC3(C)CCS(=O)CC3)nn12. The van der Waals surface area contributed by atoms with Crippen molar-refractivity contribution in [2.75, 3.05) is 18.1 Å². The predicted molar refractivity (Wildman–Crippen MR) is 114 cm³/mol. The van der Waals surface area contributed by atoms with Gasteiger partial charge in [0.05, 0.1) is 5.69 Å². The molecule has 4 rings (SSSR count). The van der Waals surface area contributed by atoms with E-state index in [1.54, 1.807) is 6.92 Å². The number of nitrogens with zero attached hydrogens (tertiary/aromatic N) is 5. The van der Waals surface area contributed by atoms with Gasteiger partial charge in [-0.2, -0.15) is 4.98 Å². The molecule has 0 spiro atoms. The first kappa shape index (κ1) is 23.9. The standard InChI is InChI=1S/C20H21F3N6O4S/c1-11-13(33-19-18(24-5-6-25-19)32-10-14(22)23)9-12(21)16-26-15(28-29(11)16)17(30)27-20(2)3-7-34(31)8-4-20/h5-6,9,14H,3-4,7-8,10H2,1-2H3,(H,27,30). The van der Waals surface area contributed by atoms with E-state index in [1.165, 1.54) is 12.4 Å². The van der Waals surface area contributed by atoms with Crippen LogP contribution in [0, 0.1) is 12.7 Å². The van der Waals surface area contributed by atoms with Crippen molar-refractivity contribution >= 4 is 22.4 Å². The smallest absolute Gasteiger partial charge is 0.291 e. The van der Waals surface area contributed by atoms with Gasteiger partial charge in [0, 0.05) is 46.3 Å². The zero-order chi connectivity index (χ0) is 24.5. The number of hydrogen-bond acceptors (Lipinski definition) is 8. The van der Waals surface area contributed by atoms with Gasteiger partial charge in [0.25, 0.3) is 24.1 Å². The molecule has 0 saturated carbocycles. The number of carbonyl (C=O) groups excluding carboxylic acids is 1. The summed E-state index contributed by atoms with van der Waals surface area (Å²) in [5, 5.41) is 6.97. The van der Waals surface area contributed by atoms with Crippen molar-refractivity contribution < 1.29 is 31.6 Å². The maximum Gasteiger partial charge on any atom is 0.291 e. The lowest BCUT2D eigenvalue weighted by molar-refractivity contribution is 0.0779. The maximum atomic E-state index is 14.8. The van der Waals surface area contributed by atoms with Crippen LogP contribution >= 0.6 is 0 Å². The molecule has 1 saturated heterocycles. The number of amides is 1. The monoisotopic (exact) mass is 498 g/mol. The van der Waals surface area contributed by atoms with Crippen LogP contribution in [0.4, 0.5) is 13.2 Å². The maximum absolute atomic E-state index is 14.8. The largest absolute Gasteiger partial charge is 0.468 e. The van der Waals surface area contributed by atoms with Crippen molar-refractivity contribution in [3.8, 4) is 17.5 Å². The fraction of sp³-hybridized carbons (Fsp3) is 0.450. The van der Waals surface area contributed by atoms with Crippen LogP contribution in [-0.4, -0.2) is 64.8 Å². The van der Waals surface area contributed by atoms with Gasteiger partial charge in [0.2, 0.25) is 5.82 Å². The molecule has 1 aliphatic rings. The lowest BCUT2D eigenvalue weighted by Gasteiger charge is -2.33. The second-order valence-electron chi connectivity index (χ2n) is 7.95. The third kappa shape index (κ3) is 5.11. The van der Waals surface area contributed by atoms with E-state index in [1.807, 2.05) is 6.92 Å². The summed E-state index contributed by atoms with van der Waals surface area (Å²) in [7, 11) is -0.896. The second kappa shape index (κ2) is 9.52. The van der Waals surface area contributed by atoms with Crippen molar-refractivity contribution in [1.82, 2.24) is 29.9 Å². The van der Waals surface area contributed by atoms with E-state index in [0.717, 1.165) is 10.6 Å². The number of ether oxygens (including phenoxy) is 2. The number of aryl methyl sites for hydroxylation is 1. The number of alkyl halides is 2. The Hall–Kier alpha value is -3.29. The van der Waals surface area contributed by atoms with E-state index in [-0.39, 0.29) is 34.7 Å². The summed E-state index contributed by atoms with van der Waals surface area (Å²) >= 11 is 0. The molecule has 4 heterocycles. The third-order valence-corrected chi connectivity index (χ3v) is 6.64. The van der Waals surface area contributed by atoms with Gasteiger partial charge in [-0.05, 0) is 26.7 Å². The van der Waals surface area contributed by atoms with Crippen LogP contribution in [0.1, 0.15) is 36.1 Å². The first-order chi connectivity index (χ1) is 16.1. The Balaban J connectivity index is 1.59. The zero-order valence-electron chi connectivity index (χ0n) is 18.3. The lowest BCUT2D eigenvalue weighted by atomic mass is 9.95. The van der Waals surface area contributed by atoms with E-state index < -0.39 is 41.1 Å². The third-order valence-electron chi connectivity index (χ3n) is 5.32. The summed E-state index contributed by atoms with van der Waals surface area (Å²) in [6.07, 6.45) is 0.838. The van der Waals surface area contributed by atoms with Gasteiger partial charge >= 0.3 is 0 Å². The minimum atomic E-state index is -2.73. The highest BCUT2D eigenvalue weighted by atomic mass is 32.2. The molecule has 0 aromatic carbocycles. The first-order valence-corrected chi connectivity index (χ1v) is 11.8. The molecule has 0 atom stereocenters. The molecule has 3 aromatic rings. The molecule has 182 valence electrons. The summed E-state index contributed by atoms with van der Waals surface area (Å²) in [6, 6.07) is 1.02. The number of halogens is 3. The van der Waals surface area contributed by atoms with Crippen molar-refractivity contribution in [3.05, 3.63) is 35.8 Å². The van der Waals surface area contributed by atoms with Crippen molar-refractivity contribution in [2.45, 2.75) is 38.7 Å². The van der Waals surface area contributed by atoms with Crippen LogP contribution in [0.15, 0.2) is 18.5 Å². The Kier molecular flexibility index (Phi) is 6.68. The lowest BCUT2D eigenvalue weighted by Crippen LogP contribution is -2.50. The highest BCUT2D eigenvalue weighted by Gasteiger charge is 2.32. The molecule has 1 amide bonds. The average molecular weight is 498 g/mol. The van der Waals surface area contributed by atoms with Crippen LogP contribution in [0.25, 0.3) is 5.65 Å². The van der Waals surface area contributed by atoms with Crippen LogP contribution in [-0.2, 0) is 10.8 Å². The Bertz CT molecular complexity index is 1240. The molecular weight excluding hydrogens is 477 g/mol. The molecule has 34 heavy (non-hydrogen) atoms. The molecule has 1 N–H and O–H groups in total. The van der Waals surface area contributed by atoms with Crippen LogP contribution in [0.2, 0.25) is 0 Å². The molecule has 0 unspecified atom stereocenters. The molecule has 0 bridgehead atoms. The highest BCUT2D eigenvalue weighted by molar-refractivity contribution is 7.85. The number of carbonyl (C=O) groups is 1. The molecular formula is C20H21F3N6O4S. The van der Waals surface area contributed by atoms with Gasteiger partial charge < -0.3 is 14.8 Å². The number of hydrogen-bond donors (Lipinski definition) is 1. The molecule has 1 aliphatic heterocycles. The van der Waals surface area contributed by atoms with Gasteiger partial charge in [0.15, 0.2) is 23.8 Å². The minimum absolute atomic E-state index is 0.0500.